The zero-order valence-corrected chi connectivity index (χ0v) is 18.4. The fourth-order valence-electron chi connectivity index (χ4n) is 3.78. The normalized spacial score (nSPS) is 18.1. The quantitative estimate of drug-likeness (QED) is 0.607. The number of nitrogens with two attached hydrogens (primary N) is 1. The third kappa shape index (κ3) is 3.96. The van der Waals surface area contributed by atoms with Crippen molar-refractivity contribution in [3.8, 4) is 0 Å². The van der Waals surface area contributed by atoms with Crippen LogP contribution >= 0.6 is 11.6 Å². The first-order chi connectivity index (χ1) is 14.1. The van der Waals surface area contributed by atoms with Crippen LogP contribution in [0.3, 0.4) is 0 Å². The van der Waals surface area contributed by atoms with Crippen molar-refractivity contribution < 1.29 is 13.9 Å². The van der Waals surface area contributed by atoms with Gasteiger partial charge in [0.25, 0.3) is 0 Å². The first kappa shape index (κ1) is 20.5. The summed E-state index contributed by atoms with van der Waals surface area (Å²) in [5, 5.41) is 1.39. The predicted octanol–water partition coefficient (Wildman–Crippen LogP) is 4.45. The molecule has 1 atom stereocenters. The summed E-state index contributed by atoms with van der Waals surface area (Å²) >= 11 is 6.16. The minimum absolute atomic E-state index is 0.0765. The van der Waals surface area contributed by atoms with E-state index in [0.29, 0.717) is 47.2 Å². The van der Waals surface area contributed by atoms with Gasteiger partial charge in [-0.25, -0.2) is 9.78 Å². The number of fused-ring (bicyclic) bond motifs is 3. The van der Waals surface area contributed by atoms with E-state index in [-0.39, 0.29) is 18.1 Å². The molecule has 1 aromatic carbocycles. The molecule has 1 aliphatic heterocycles. The lowest BCUT2D eigenvalue weighted by Gasteiger charge is -2.31. The lowest BCUT2D eigenvalue weighted by molar-refractivity contribution is 0.0194. The number of hydrogen-bond acceptors (Lipinski definition) is 7. The number of carbonyl (C=O) groups excluding carboxylic acids is 1. The summed E-state index contributed by atoms with van der Waals surface area (Å²) in [5.41, 5.74) is 7.37. The minimum atomic E-state index is -0.536. The van der Waals surface area contributed by atoms with Crippen LogP contribution in [0.25, 0.3) is 22.1 Å². The largest absolute Gasteiger partial charge is 0.450 e. The molecule has 0 spiro atoms. The second-order valence-corrected chi connectivity index (χ2v) is 9.08. The van der Waals surface area contributed by atoms with Crippen molar-refractivity contribution in [3.05, 3.63) is 23.2 Å². The number of halogens is 1. The van der Waals surface area contributed by atoms with E-state index >= 15 is 0 Å². The topological polar surface area (TPSA) is 97.7 Å². The summed E-state index contributed by atoms with van der Waals surface area (Å²) in [6.07, 6.45) is 0.462. The average Bonchev–Trinajstić information content (AvgIpc) is 2.87. The number of nitrogen functional groups attached to an aromatic ring is 1. The first-order valence-electron chi connectivity index (χ1n) is 10.0. The maximum absolute atomic E-state index is 12.6. The highest BCUT2D eigenvalue weighted by molar-refractivity contribution is 6.31. The van der Waals surface area contributed by atoms with Crippen molar-refractivity contribution >= 4 is 51.5 Å². The number of nitrogens with zero attached hydrogens (tertiary/aromatic N) is 4. The van der Waals surface area contributed by atoms with Gasteiger partial charge in [-0.3, -0.25) is 0 Å². The number of rotatable bonds is 1. The highest BCUT2D eigenvalue weighted by Gasteiger charge is 2.31. The number of aromatic nitrogens is 2. The van der Waals surface area contributed by atoms with E-state index < -0.39 is 5.60 Å². The van der Waals surface area contributed by atoms with Gasteiger partial charge >= 0.3 is 6.09 Å². The van der Waals surface area contributed by atoms with Crippen molar-refractivity contribution in [2.75, 3.05) is 30.3 Å². The number of amides is 1. The van der Waals surface area contributed by atoms with Gasteiger partial charge in [-0.2, -0.15) is 4.98 Å². The van der Waals surface area contributed by atoms with E-state index in [1.165, 1.54) is 0 Å². The van der Waals surface area contributed by atoms with Crippen LogP contribution in [0, 0.1) is 0 Å². The molecule has 30 heavy (non-hydrogen) atoms. The van der Waals surface area contributed by atoms with Crippen LogP contribution < -0.4 is 10.6 Å². The van der Waals surface area contributed by atoms with Crippen LogP contribution in [0.1, 0.15) is 34.1 Å². The first-order valence-corrected chi connectivity index (χ1v) is 10.4. The third-order valence-electron chi connectivity index (χ3n) is 5.04. The Kier molecular flexibility index (Phi) is 5.13. The molecule has 1 amide bonds. The van der Waals surface area contributed by atoms with Crippen LogP contribution in [-0.4, -0.2) is 52.2 Å². The van der Waals surface area contributed by atoms with Gasteiger partial charge < -0.3 is 24.7 Å². The molecule has 0 unspecified atom stereocenters. The summed E-state index contributed by atoms with van der Waals surface area (Å²) in [5.74, 6) is 0.795. The van der Waals surface area contributed by atoms with Crippen molar-refractivity contribution in [2.45, 2.75) is 45.8 Å². The van der Waals surface area contributed by atoms with Crippen LogP contribution in [0.5, 0.6) is 0 Å². The fourth-order valence-corrected chi connectivity index (χ4v) is 3.95. The van der Waals surface area contributed by atoms with Gasteiger partial charge in [-0.1, -0.05) is 11.6 Å². The minimum Gasteiger partial charge on any atom is -0.450 e. The Morgan fingerprint density at radius 1 is 1.30 bits per heavy atom. The SMILES string of the molecule is C[C@H]1CN(c2nc(N)nc3c2oc2ccc(Cl)cc23)CCCN1C(=O)OC(C)(C)C. The maximum Gasteiger partial charge on any atom is 0.410 e. The van der Waals surface area contributed by atoms with E-state index in [4.69, 9.17) is 26.5 Å². The summed E-state index contributed by atoms with van der Waals surface area (Å²) in [6, 6.07) is 5.32. The molecule has 0 bridgehead atoms. The van der Waals surface area contributed by atoms with Crippen LogP contribution in [0.15, 0.2) is 22.6 Å². The summed E-state index contributed by atoms with van der Waals surface area (Å²) in [4.78, 5) is 25.4. The molecule has 8 nitrogen and oxygen atoms in total. The van der Waals surface area contributed by atoms with Crippen molar-refractivity contribution in [2.24, 2.45) is 0 Å². The van der Waals surface area contributed by atoms with E-state index in [2.05, 4.69) is 14.9 Å². The Balaban J connectivity index is 1.69. The molecular weight excluding hydrogens is 406 g/mol. The van der Waals surface area contributed by atoms with E-state index in [0.717, 1.165) is 11.8 Å². The molecule has 2 N–H and O–H groups in total. The van der Waals surface area contributed by atoms with Crippen LogP contribution in [0.4, 0.5) is 16.6 Å². The molecule has 4 rings (SSSR count). The molecule has 0 radical (unpaired) electrons. The Hall–Kier alpha value is -2.74. The molecule has 2 aromatic heterocycles. The lowest BCUT2D eigenvalue weighted by Crippen LogP contribution is -2.45. The number of hydrogen-bond donors (Lipinski definition) is 1. The van der Waals surface area contributed by atoms with Gasteiger partial charge in [0.15, 0.2) is 11.4 Å². The van der Waals surface area contributed by atoms with E-state index in [1.54, 1.807) is 11.0 Å². The Morgan fingerprint density at radius 2 is 2.07 bits per heavy atom. The molecule has 3 heterocycles. The molecule has 160 valence electrons. The maximum atomic E-state index is 12.6. The highest BCUT2D eigenvalue weighted by atomic mass is 35.5. The fraction of sp³-hybridized carbons (Fsp3) is 0.476. The predicted molar refractivity (Wildman–Crippen MR) is 118 cm³/mol. The van der Waals surface area contributed by atoms with Crippen molar-refractivity contribution in [1.82, 2.24) is 14.9 Å². The van der Waals surface area contributed by atoms with Gasteiger partial charge in [0, 0.05) is 36.1 Å². The number of furan rings is 1. The number of ether oxygens (including phenoxy) is 1. The van der Waals surface area contributed by atoms with Crippen LogP contribution in [-0.2, 0) is 4.74 Å². The van der Waals surface area contributed by atoms with Gasteiger partial charge in [0.1, 0.15) is 16.7 Å². The molecular formula is C21H26ClN5O3. The van der Waals surface area contributed by atoms with E-state index in [9.17, 15) is 4.79 Å². The molecule has 1 fully saturated rings. The number of benzene rings is 1. The Morgan fingerprint density at radius 3 is 2.80 bits per heavy atom. The van der Waals surface area contributed by atoms with Gasteiger partial charge in [0.05, 0.1) is 0 Å². The lowest BCUT2D eigenvalue weighted by atomic mass is 10.2. The monoisotopic (exact) mass is 431 g/mol. The molecule has 1 aliphatic rings. The van der Waals surface area contributed by atoms with Gasteiger partial charge in [-0.05, 0) is 52.3 Å². The van der Waals surface area contributed by atoms with Crippen LogP contribution in [0.2, 0.25) is 5.02 Å². The molecule has 0 saturated carbocycles. The van der Waals surface area contributed by atoms with E-state index in [1.807, 2.05) is 39.8 Å². The Labute approximate surface area is 179 Å². The second-order valence-electron chi connectivity index (χ2n) is 8.65. The van der Waals surface area contributed by atoms with Crippen molar-refractivity contribution in [1.29, 1.82) is 0 Å². The molecule has 3 aromatic rings. The third-order valence-corrected chi connectivity index (χ3v) is 5.28. The summed E-state index contributed by atoms with van der Waals surface area (Å²) in [7, 11) is 0. The highest BCUT2D eigenvalue weighted by Crippen LogP contribution is 2.35. The standard InChI is InChI=1S/C21H26ClN5O3/c1-12-11-26(8-5-9-27(12)20(28)30-21(2,3)4)18-17-16(24-19(23)25-18)14-10-13(22)6-7-15(14)29-17/h6-7,10,12H,5,8-9,11H2,1-4H3,(H2,23,24,25)/t12-/m0/s1. The zero-order chi connectivity index (χ0) is 21.6. The molecule has 0 aliphatic carbocycles. The summed E-state index contributed by atoms with van der Waals surface area (Å²) in [6.45, 7) is 9.49. The molecule has 1 saturated heterocycles. The van der Waals surface area contributed by atoms with Gasteiger partial charge in [0.2, 0.25) is 5.95 Å². The van der Waals surface area contributed by atoms with Gasteiger partial charge in [-0.15, -0.1) is 0 Å². The smallest absolute Gasteiger partial charge is 0.410 e. The second kappa shape index (κ2) is 7.50. The summed E-state index contributed by atoms with van der Waals surface area (Å²) < 4.78 is 11.7. The Bertz CT molecular complexity index is 1110. The molecule has 9 heteroatoms. The average molecular weight is 432 g/mol. The van der Waals surface area contributed by atoms with Crippen molar-refractivity contribution in [3.63, 3.8) is 0 Å². The number of anilines is 2. The zero-order valence-electron chi connectivity index (χ0n) is 17.6. The number of carbonyl (C=O) groups is 1.